The average molecular weight is 530 g/mol. The Bertz CT molecular complexity index is 1240. The summed E-state index contributed by atoms with van der Waals surface area (Å²) in [6, 6.07) is 12.3. The monoisotopic (exact) mass is 529 g/mol. The third kappa shape index (κ3) is 5.77. The van der Waals surface area contributed by atoms with Crippen LogP contribution in [0, 0.1) is 5.92 Å². The summed E-state index contributed by atoms with van der Waals surface area (Å²) in [6.07, 6.45) is 6.69. The maximum Gasteiger partial charge on any atom is 0.181 e. The van der Waals surface area contributed by atoms with Crippen LogP contribution in [-0.4, -0.2) is 55.8 Å². The normalized spacial score (nSPS) is 18.7. The van der Waals surface area contributed by atoms with Gasteiger partial charge in [-0.05, 0) is 88.9 Å². The fourth-order valence-electron chi connectivity index (χ4n) is 4.82. The van der Waals surface area contributed by atoms with Gasteiger partial charge in [0.25, 0.3) is 0 Å². The van der Waals surface area contributed by atoms with Crippen LogP contribution in [0.25, 0.3) is 10.7 Å². The quantitative estimate of drug-likeness (QED) is 0.353. The Hall–Kier alpha value is -2.00. The van der Waals surface area contributed by atoms with E-state index in [1.807, 2.05) is 18.3 Å². The number of rotatable bonds is 9. The summed E-state index contributed by atoms with van der Waals surface area (Å²) in [5.41, 5.74) is 3.34. The van der Waals surface area contributed by atoms with Crippen molar-refractivity contribution in [1.82, 2.24) is 14.9 Å². The molecule has 1 saturated carbocycles. The molecule has 1 saturated heterocycles. The van der Waals surface area contributed by atoms with Crippen LogP contribution in [0.3, 0.4) is 0 Å². The molecule has 0 amide bonds. The van der Waals surface area contributed by atoms with Gasteiger partial charge in [0, 0.05) is 41.9 Å². The van der Waals surface area contributed by atoms with Crippen molar-refractivity contribution < 1.29 is 13.2 Å². The van der Waals surface area contributed by atoms with E-state index in [9.17, 15) is 8.42 Å². The van der Waals surface area contributed by atoms with Crippen molar-refractivity contribution in [2.75, 3.05) is 27.3 Å². The lowest BCUT2D eigenvalue weighted by Crippen LogP contribution is -2.19. The smallest absolute Gasteiger partial charge is 0.181 e. The number of ether oxygens (including phenoxy) is 1. The van der Waals surface area contributed by atoms with Gasteiger partial charge in [0.15, 0.2) is 9.84 Å². The molecule has 1 aliphatic carbocycles. The van der Waals surface area contributed by atoms with E-state index >= 15 is 0 Å². The Kier molecular flexibility index (Phi) is 8.39. The third-order valence-corrected chi connectivity index (χ3v) is 11.0. The number of nitrogens with one attached hydrogen (secondary N) is 1. The Labute approximate surface area is 220 Å². The number of thiazole rings is 1. The SMILES string of the molecule is C.CC(c1cnc(-c2ccc(C(CC3CCOCC3)c3ccc(S(=O)(=O)C4CC4)cc3)[nH]2)s1)N(C)C. The lowest BCUT2D eigenvalue weighted by Gasteiger charge is -2.27. The first-order valence-electron chi connectivity index (χ1n) is 12.6. The molecule has 6 nitrogen and oxygen atoms in total. The molecule has 2 aliphatic rings. The van der Waals surface area contributed by atoms with Crippen molar-refractivity contribution >= 4 is 21.2 Å². The molecule has 2 unspecified atom stereocenters. The van der Waals surface area contributed by atoms with Crippen LogP contribution in [0.4, 0.5) is 0 Å². The summed E-state index contributed by atoms with van der Waals surface area (Å²) in [7, 11) is 0.987. The maximum absolute atomic E-state index is 12.7. The number of H-pyrrole nitrogens is 1. The number of benzene rings is 1. The largest absolute Gasteiger partial charge is 0.381 e. The first-order valence-corrected chi connectivity index (χ1v) is 14.9. The molecule has 0 spiro atoms. The second kappa shape index (κ2) is 11.2. The van der Waals surface area contributed by atoms with Crippen LogP contribution in [0.1, 0.15) is 74.5 Å². The van der Waals surface area contributed by atoms with E-state index in [0.29, 0.717) is 16.9 Å². The molecule has 0 bridgehead atoms. The second-order valence-electron chi connectivity index (χ2n) is 10.2. The van der Waals surface area contributed by atoms with E-state index in [1.54, 1.807) is 23.5 Å². The highest BCUT2D eigenvalue weighted by Gasteiger charge is 2.37. The van der Waals surface area contributed by atoms with Gasteiger partial charge in [0.05, 0.1) is 15.8 Å². The summed E-state index contributed by atoms with van der Waals surface area (Å²) < 4.78 is 31.0. The minimum absolute atomic E-state index is 0. The predicted molar refractivity (Wildman–Crippen MR) is 147 cm³/mol. The van der Waals surface area contributed by atoms with Gasteiger partial charge in [-0.25, -0.2) is 13.4 Å². The van der Waals surface area contributed by atoms with E-state index in [-0.39, 0.29) is 18.6 Å². The predicted octanol–water partition coefficient (Wildman–Crippen LogP) is 6.28. The van der Waals surface area contributed by atoms with Crippen LogP contribution in [0.2, 0.25) is 0 Å². The lowest BCUT2D eigenvalue weighted by atomic mass is 9.83. The molecule has 1 aliphatic heterocycles. The summed E-state index contributed by atoms with van der Waals surface area (Å²) in [5.74, 6) is 0.757. The Morgan fingerprint density at radius 2 is 1.78 bits per heavy atom. The molecular weight excluding hydrogens is 490 g/mol. The van der Waals surface area contributed by atoms with Crippen molar-refractivity contribution in [2.24, 2.45) is 5.92 Å². The molecule has 1 aromatic carbocycles. The van der Waals surface area contributed by atoms with Gasteiger partial charge in [-0.3, -0.25) is 0 Å². The molecule has 5 rings (SSSR count). The van der Waals surface area contributed by atoms with E-state index in [2.05, 4.69) is 48.0 Å². The van der Waals surface area contributed by atoms with Crippen molar-refractivity contribution in [1.29, 1.82) is 0 Å². The number of aromatic amines is 1. The van der Waals surface area contributed by atoms with Crippen LogP contribution < -0.4 is 0 Å². The topological polar surface area (TPSA) is 75.3 Å². The highest BCUT2D eigenvalue weighted by Crippen LogP contribution is 2.38. The zero-order valence-corrected chi connectivity index (χ0v) is 22.4. The highest BCUT2D eigenvalue weighted by molar-refractivity contribution is 7.92. The van der Waals surface area contributed by atoms with Crippen LogP contribution in [0.5, 0.6) is 0 Å². The fourth-order valence-corrected chi connectivity index (χ4v) is 7.52. The first kappa shape index (κ1) is 27.0. The third-order valence-electron chi connectivity index (χ3n) is 7.51. The maximum atomic E-state index is 12.7. The number of hydrogen-bond acceptors (Lipinski definition) is 6. The Morgan fingerprint density at radius 1 is 1.08 bits per heavy atom. The Morgan fingerprint density at radius 3 is 2.42 bits per heavy atom. The molecule has 2 aromatic heterocycles. The summed E-state index contributed by atoms with van der Waals surface area (Å²) >= 11 is 1.72. The van der Waals surface area contributed by atoms with Gasteiger partial charge in [-0.15, -0.1) is 11.3 Å². The Balaban J connectivity index is 0.00000304. The molecule has 8 heteroatoms. The minimum Gasteiger partial charge on any atom is -0.381 e. The van der Waals surface area contributed by atoms with Gasteiger partial charge in [-0.1, -0.05) is 19.6 Å². The van der Waals surface area contributed by atoms with Gasteiger partial charge >= 0.3 is 0 Å². The molecule has 196 valence electrons. The number of hydrogen-bond donors (Lipinski definition) is 1. The summed E-state index contributed by atoms with van der Waals surface area (Å²) in [6.45, 7) is 3.82. The molecule has 3 heterocycles. The summed E-state index contributed by atoms with van der Waals surface area (Å²) in [4.78, 5) is 12.2. The molecule has 2 fully saturated rings. The van der Waals surface area contributed by atoms with Crippen molar-refractivity contribution in [2.45, 2.75) is 68.6 Å². The van der Waals surface area contributed by atoms with E-state index in [4.69, 9.17) is 4.74 Å². The fraction of sp³-hybridized carbons (Fsp3) is 0.536. The van der Waals surface area contributed by atoms with Crippen molar-refractivity contribution in [3.8, 4) is 10.7 Å². The lowest BCUT2D eigenvalue weighted by molar-refractivity contribution is 0.0626. The molecule has 36 heavy (non-hydrogen) atoms. The second-order valence-corrected chi connectivity index (χ2v) is 13.5. The highest BCUT2D eigenvalue weighted by atomic mass is 32.2. The van der Waals surface area contributed by atoms with E-state index < -0.39 is 9.84 Å². The first-order chi connectivity index (χ1) is 16.8. The average Bonchev–Trinajstić information content (AvgIpc) is 3.43. The van der Waals surface area contributed by atoms with E-state index in [0.717, 1.165) is 67.3 Å². The molecule has 2 atom stereocenters. The molecule has 1 N–H and O–H groups in total. The van der Waals surface area contributed by atoms with Crippen LogP contribution in [0.15, 0.2) is 47.5 Å². The van der Waals surface area contributed by atoms with Gasteiger partial charge in [0.1, 0.15) is 5.01 Å². The van der Waals surface area contributed by atoms with E-state index in [1.165, 1.54) is 4.88 Å². The standard InChI is InChI=1S/C27H35N3O3S2.CH4/c1-18(30(2)3)26-17-28-27(34-26)25-11-10-24(29-25)23(16-19-12-14-33-15-13-19)20-4-6-21(7-5-20)35(31,32)22-8-9-22;/h4-7,10-11,17-19,22-23,29H,8-9,12-16H2,1-3H3;1H4. The molecule has 0 radical (unpaired) electrons. The zero-order chi connectivity index (χ0) is 24.6. The number of nitrogens with zero attached hydrogens (tertiary/aromatic N) is 2. The molecule has 3 aromatic rings. The minimum atomic E-state index is -3.18. The van der Waals surface area contributed by atoms with Gasteiger partial charge in [-0.2, -0.15) is 0 Å². The molecular formula is C28H39N3O3S2. The van der Waals surface area contributed by atoms with Gasteiger partial charge in [0.2, 0.25) is 0 Å². The number of aromatic nitrogens is 2. The van der Waals surface area contributed by atoms with Gasteiger partial charge < -0.3 is 14.6 Å². The van der Waals surface area contributed by atoms with Crippen molar-refractivity contribution in [3.05, 3.63) is 58.7 Å². The van der Waals surface area contributed by atoms with Crippen molar-refractivity contribution in [3.63, 3.8) is 0 Å². The van der Waals surface area contributed by atoms with Crippen LogP contribution in [-0.2, 0) is 14.6 Å². The summed E-state index contributed by atoms with van der Waals surface area (Å²) in [5, 5.41) is 0.811. The number of sulfone groups is 1. The van der Waals surface area contributed by atoms with Crippen LogP contribution >= 0.6 is 11.3 Å². The zero-order valence-electron chi connectivity index (χ0n) is 20.7.